The monoisotopic (exact) mass is 321 g/mol. The molecule has 96 valence electrons. The molecule has 0 aliphatic carbocycles. The van der Waals surface area contributed by atoms with E-state index in [1.165, 1.54) is 6.07 Å². The molecule has 1 aromatic carbocycles. The number of benzene rings is 1. The van der Waals surface area contributed by atoms with Gasteiger partial charge >= 0.3 is 12.4 Å². The van der Waals surface area contributed by atoms with Gasteiger partial charge in [0, 0.05) is 4.47 Å². The molecule has 2 N–H and O–H groups in total. The van der Waals surface area contributed by atoms with Crippen LogP contribution < -0.4 is 5.73 Å². The molecule has 0 saturated heterocycles. The van der Waals surface area contributed by atoms with Gasteiger partial charge in [-0.2, -0.15) is 26.3 Å². The lowest BCUT2D eigenvalue weighted by Crippen LogP contribution is -2.60. The Morgan fingerprint density at radius 2 is 1.41 bits per heavy atom. The Labute approximate surface area is 101 Å². The maximum Gasteiger partial charge on any atom is 0.419 e. The Bertz CT molecular complexity index is 397. The molecule has 1 nitrogen and oxygen atoms in total. The summed E-state index contributed by atoms with van der Waals surface area (Å²) in [6.07, 6.45) is -11.3. The van der Waals surface area contributed by atoms with Crippen LogP contribution in [-0.2, 0) is 5.54 Å². The van der Waals surface area contributed by atoms with E-state index < -0.39 is 23.5 Å². The molecule has 1 aromatic rings. The molecule has 0 atom stereocenters. The summed E-state index contributed by atoms with van der Waals surface area (Å²) in [7, 11) is 0. The van der Waals surface area contributed by atoms with Gasteiger partial charge in [0.1, 0.15) is 0 Å². The van der Waals surface area contributed by atoms with Crippen LogP contribution in [-0.4, -0.2) is 12.4 Å². The van der Waals surface area contributed by atoms with Crippen molar-refractivity contribution in [2.75, 3.05) is 0 Å². The highest BCUT2D eigenvalue weighted by Crippen LogP contribution is 2.48. The van der Waals surface area contributed by atoms with Crippen molar-refractivity contribution in [2.45, 2.75) is 17.9 Å². The first-order chi connectivity index (χ1) is 7.50. The van der Waals surface area contributed by atoms with Crippen LogP contribution in [0.25, 0.3) is 0 Å². The fourth-order valence-corrected chi connectivity index (χ4v) is 1.62. The van der Waals surface area contributed by atoms with Crippen LogP contribution in [0.15, 0.2) is 28.7 Å². The summed E-state index contributed by atoms with van der Waals surface area (Å²) in [5.74, 6) is 0. The molecule has 0 fully saturated rings. The van der Waals surface area contributed by atoms with E-state index in [-0.39, 0.29) is 4.47 Å². The summed E-state index contributed by atoms with van der Waals surface area (Å²) in [5, 5.41) is 0. The molecule has 0 unspecified atom stereocenters. The molecular weight excluding hydrogens is 316 g/mol. The Balaban J connectivity index is 3.46. The minimum Gasteiger partial charge on any atom is -0.306 e. The Morgan fingerprint density at radius 1 is 0.941 bits per heavy atom. The van der Waals surface area contributed by atoms with Crippen molar-refractivity contribution in [1.29, 1.82) is 0 Å². The summed E-state index contributed by atoms with van der Waals surface area (Å²) < 4.78 is 75.4. The van der Waals surface area contributed by atoms with Crippen LogP contribution >= 0.6 is 15.9 Å². The van der Waals surface area contributed by atoms with Gasteiger partial charge < -0.3 is 5.73 Å². The third-order valence-electron chi connectivity index (χ3n) is 2.17. The molecule has 0 radical (unpaired) electrons. The normalized spacial score (nSPS) is 13.9. The van der Waals surface area contributed by atoms with Crippen LogP contribution in [0, 0.1) is 0 Å². The zero-order valence-corrected chi connectivity index (χ0v) is 9.62. The number of hydrogen-bond acceptors (Lipinski definition) is 1. The zero-order valence-electron chi connectivity index (χ0n) is 8.03. The van der Waals surface area contributed by atoms with Gasteiger partial charge in [-0.15, -0.1) is 0 Å². The highest BCUT2D eigenvalue weighted by Gasteiger charge is 2.69. The van der Waals surface area contributed by atoms with Gasteiger partial charge in [-0.3, -0.25) is 0 Å². The lowest BCUT2D eigenvalue weighted by Gasteiger charge is -2.34. The van der Waals surface area contributed by atoms with Gasteiger partial charge in [-0.25, -0.2) is 0 Å². The van der Waals surface area contributed by atoms with E-state index in [1.807, 2.05) is 0 Å². The highest BCUT2D eigenvalue weighted by molar-refractivity contribution is 9.10. The predicted molar refractivity (Wildman–Crippen MR) is 52.1 cm³/mol. The highest BCUT2D eigenvalue weighted by atomic mass is 79.9. The van der Waals surface area contributed by atoms with Crippen molar-refractivity contribution in [3.63, 3.8) is 0 Å². The topological polar surface area (TPSA) is 26.0 Å². The van der Waals surface area contributed by atoms with Gasteiger partial charge in [0.25, 0.3) is 0 Å². The number of rotatable bonds is 1. The number of alkyl halides is 6. The fourth-order valence-electron chi connectivity index (χ4n) is 1.22. The molecule has 0 heterocycles. The largest absolute Gasteiger partial charge is 0.419 e. The van der Waals surface area contributed by atoms with Crippen LogP contribution in [0.5, 0.6) is 0 Å². The number of halogens is 7. The number of nitrogens with two attached hydrogens (primary N) is 1. The van der Waals surface area contributed by atoms with E-state index in [0.717, 1.165) is 6.07 Å². The van der Waals surface area contributed by atoms with Crippen molar-refractivity contribution < 1.29 is 26.3 Å². The van der Waals surface area contributed by atoms with Crippen LogP contribution in [0.4, 0.5) is 26.3 Å². The Morgan fingerprint density at radius 3 is 1.76 bits per heavy atom. The molecule has 0 amide bonds. The van der Waals surface area contributed by atoms with E-state index in [2.05, 4.69) is 21.7 Å². The molecule has 0 aliphatic rings. The van der Waals surface area contributed by atoms with E-state index in [0.29, 0.717) is 12.1 Å². The lowest BCUT2D eigenvalue weighted by molar-refractivity contribution is -0.301. The van der Waals surface area contributed by atoms with Crippen molar-refractivity contribution in [1.82, 2.24) is 0 Å². The van der Waals surface area contributed by atoms with E-state index in [9.17, 15) is 26.3 Å². The van der Waals surface area contributed by atoms with E-state index in [4.69, 9.17) is 0 Å². The molecule has 0 aliphatic heterocycles. The van der Waals surface area contributed by atoms with Gasteiger partial charge in [-0.1, -0.05) is 28.1 Å². The SMILES string of the molecule is NC(c1cccc(Br)c1)(C(F)(F)F)C(F)(F)F. The van der Waals surface area contributed by atoms with Crippen molar-refractivity contribution in [3.8, 4) is 0 Å². The molecule has 0 aromatic heterocycles. The second-order valence-corrected chi connectivity index (χ2v) is 4.23. The van der Waals surface area contributed by atoms with Gasteiger partial charge in [-0.05, 0) is 17.7 Å². The minimum absolute atomic E-state index is 0.0818. The van der Waals surface area contributed by atoms with Crippen LogP contribution in [0.3, 0.4) is 0 Å². The predicted octanol–water partition coefficient (Wildman–Crippen LogP) is 3.73. The second-order valence-electron chi connectivity index (χ2n) is 3.31. The summed E-state index contributed by atoms with van der Waals surface area (Å²) >= 11 is 2.80. The molecule has 0 bridgehead atoms. The maximum atomic E-state index is 12.6. The smallest absolute Gasteiger partial charge is 0.306 e. The number of hydrogen-bond donors (Lipinski definition) is 1. The van der Waals surface area contributed by atoms with Crippen molar-refractivity contribution >= 4 is 15.9 Å². The molecule has 8 heteroatoms. The Hall–Kier alpha value is -0.760. The average molecular weight is 322 g/mol. The van der Waals surface area contributed by atoms with E-state index >= 15 is 0 Å². The molecule has 0 spiro atoms. The molecule has 1 rings (SSSR count). The molecular formula is C9H6BrF6N. The molecule has 17 heavy (non-hydrogen) atoms. The summed E-state index contributed by atoms with van der Waals surface area (Å²) in [6, 6.07) is 3.74. The Kier molecular flexibility index (Phi) is 3.50. The fraction of sp³-hybridized carbons (Fsp3) is 0.333. The van der Waals surface area contributed by atoms with Crippen LogP contribution in [0.2, 0.25) is 0 Å². The molecule has 0 saturated carbocycles. The van der Waals surface area contributed by atoms with Crippen molar-refractivity contribution in [3.05, 3.63) is 34.3 Å². The summed E-state index contributed by atoms with van der Waals surface area (Å²) in [4.78, 5) is 0. The third kappa shape index (κ3) is 2.42. The van der Waals surface area contributed by atoms with E-state index in [1.54, 1.807) is 0 Å². The second kappa shape index (κ2) is 4.16. The maximum absolute atomic E-state index is 12.6. The van der Waals surface area contributed by atoms with Crippen LogP contribution in [0.1, 0.15) is 5.56 Å². The van der Waals surface area contributed by atoms with Gasteiger partial charge in [0.05, 0.1) is 0 Å². The van der Waals surface area contributed by atoms with Crippen molar-refractivity contribution in [2.24, 2.45) is 5.73 Å². The first-order valence-corrected chi connectivity index (χ1v) is 4.98. The zero-order chi connectivity index (χ0) is 13.5. The van der Waals surface area contributed by atoms with Gasteiger partial charge in [0.2, 0.25) is 5.54 Å². The van der Waals surface area contributed by atoms with Gasteiger partial charge in [0.15, 0.2) is 0 Å². The summed E-state index contributed by atoms with van der Waals surface area (Å²) in [6.45, 7) is 0. The third-order valence-corrected chi connectivity index (χ3v) is 2.67. The first kappa shape index (κ1) is 14.3. The summed E-state index contributed by atoms with van der Waals surface area (Å²) in [5.41, 5.74) is -0.863. The quantitative estimate of drug-likeness (QED) is 0.784. The first-order valence-electron chi connectivity index (χ1n) is 4.18. The minimum atomic E-state index is -5.63. The lowest BCUT2D eigenvalue weighted by atomic mass is 9.89. The standard InChI is InChI=1S/C9H6BrF6N/c10-6-3-1-2-5(4-6)7(17,8(11,12)13)9(14,15)16/h1-4H,17H2. The average Bonchev–Trinajstić information content (AvgIpc) is 2.12.